The van der Waals surface area contributed by atoms with Crippen LogP contribution in [-0.4, -0.2) is 31.2 Å². The lowest BCUT2D eigenvalue weighted by Gasteiger charge is -2.24. The summed E-state index contributed by atoms with van der Waals surface area (Å²) in [5.41, 5.74) is 0. The number of benzene rings is 1. The fraction of sp³-hybridized carbons (Fsp3) is 0.652. The van der Waals surface area contributed by atoms with E-state index in [1.54, 1.807) is 6.92 Å². The molecule has 0 saturated heterocycles. The first-order chi connectivity index (χ1) is 14.8. The zero-order chi connectivity index (χ0) is 23.3. The molecule has 0 heterocycles. The first kappa shape index (κ1) is 27.4. The lowest BCUT2D eigenvalue weighted by atomic mass is 10.0. The zero-order valence-corrected chi connectivity index (χ0v) is 20.6. The summed E-state index contributed by atoms with van der Waals surface area (Å²) in [5, 5.41) is 2.89. The molecule has 1 aromatic rings. The van der Waals surface area contributed by atoms with Crippen LogP contribution in [0.25, 0.3) is 0 Å². The van der Waals surface area contributed by atoms with E-state index in [2.05, 4.69) is 12.2 Å². The molecule has 1 N–H and O–H groups in total. The Kier molecular flexibility index (Phi) is 12.8. The van der Waals surface area contributed by atoms with E-state index >= 15 is 0 Å². The Morgan fingerprint density at radius 2 is 1.48 bits per heavy atom. The predicted molar refractivity (Wildman–Crippen MR) is 126 cm³/mol. The number of carbonyl (C=O) groups excluding carboxylic acids is 2. The van der Waals surface area contributed by atoms with E-state index in [4.69, 9.17) is 11.6 Å². The number of halogens is 1. The maximum atomic E-state index is 13.1. The van der Waals surface area contributed by atoms with Crippen molar-refractivity contribution in [3.05, 3.63) is 29.3 Å². The van der Waals surface area contributed by atoms with Crippen LogP contribution in [0.1, 0.15) is 85.0 Å². The molecular weight excluding hydrogens is 436 g/mol. The van der Waals surface area contributed by atoms with Crippen molar-refractivity contribution in [1.29, 1.82) is 0 Å². The highest BCUT2D eigenvalue weighted by molar-refractivity contribution is 7.90. The Morgan fingerprint density at radius 3 is 2.03 bits per heavy atom. The number of hydrogen-bond acceptors (Lipinski definition) is 4. The molecule has 0 aromatic heterocycles. The van der Waals surface area contributed by atoms with Crippen LogP contribution in [0, 0.1) is 5.92 Å². The van der Waals surface area contributed by atoms with Crippen LogP contribution in [0.15, 0.2) is 29.2 Å². The van der Waals surface area contributed by atoms with E-state index < -0.39 is 27.9 Å². The van der Waals surface area contributed by atoms with Gasteiger partial charge in [-0.1, -0.05) is 83.7 Å². The molecule has 0 aliphatic carbocycles. The van der Waals surface area contributed by atoms with Crippen molar-refractivity contribution in [3.8, 4) is 0 Å². The van der Waals surface area contributed by atoms with E-state index in [1.807, 2.05) is 6.92 Å². The van der Waals surface area contributed by atoms with Crippen LogP contribution >= 0.6 is 11.6 Å². The van der Waals surface area contributed by atoms with Gasteiger partial charge in [0.15, 0.2) is 0 Å². The zero-order valence-electron chi connectivity index (χ0n) is 19.0. The standard InChI is InChI=1S/C23H37ClN2O4S/c1-4-6-7-8-9-10-11-12-13-19(3)22(27)26(23(28)25-18-5-2)31(29,30)21-16-14-20(24)15-17-21/h14-17,19H,4-13,18H2,1-3H3,(H,25,28). The maximum absolute atomic E-state index is 13.1. The fourth-order valence-electron chi connectivity index (χ4n) is 3.25. The molecule has 0 aliphatic heterocycles. The van der Waals surface area contributed by atoms with Gasteiger partial charge in [0.25, 0.3) is 10.0 Å². The number of nitrogens with one attached hydrogen (secondary N) is 1. The molecule has 1 aromatic carbocycles. The molecule has 0 spiro atoms. The highest BCUT2D eigenvalue weighted by Gasteiger charge is 2.37. The molecule has 0 fully saturated rings. The van der Waals surface area contributed by atoms with Gasteiger partial charge in [0.2, 0.25) is 5.91 Å². The number of hydrogen-bond donors (Lipinski definition) is 1. The fourth-order valence-corrected chi connectivity index (χ4v) is 4.77. The SMILES string of the molecule is CCCCCCCCCCC(C)C(=O)N(C(=O)NCCC)S(=O)(=O)c1ccc(Cl)cc1. The highest BCUT2D eigenvalue weighted by atomic mass is 35.5. The minimum Gasteiger partial charge on any atom is -0.337 e. The second-order valence-electron chi connectivity index (χ2n) is 7.96. The number of carbonyl (C=O) groups is 2. The van der Waals surface area contributed by atoms with Crippen LogP contribution in [0.3, 0.4) is 0 Å². The second kappa shape index (κ2) is 14.5. The molecule has 1 atom stereocenters. The number of nitrogens with zero attached hydrogens (tertiary/aromatic N) is 1. The molecule has 6 nitrogen and oxygen atoms in total. The monoisotopic (exact) mass is 472 g/mol. The molecule has 8 heteroatoms. The Bertz CT molecular complexity index is 781. The van der Waals surface area contributed by atoms with E-state index in [9.17, 15) is 18.0 Å². The molecule has 0 saturated carbocycles. The predicted octanol–water partition coefficient (Wildman–Crippen LogP) is 6.14. The summed E-state index contributed by atoms with van der Waals surface area (Å²) >= 11 is 5.85. The summed E-state index contributed by atoms with van der Waals surface area (Å²) in [7, 11) is -4.33. The lowest BCUT2D eigenvalue weighted by molar-refractivity contribution is -0.128. The topological polar surface area (TPSA) is 83.6 Å². The van der Waals surface area contributed by atoms with Crippen LogP contribution in [0.4, 0.5) is 4.79 Å². The molecule has 0 radical (unpaired) electrons. The Morgan fingerprint density at radius 1 is 0.935 bits per heavy atom. The third-order valence-corrected chi connectivity index (χ3v) is 7.12. The lowest BCUT2D eigenvalue weighted by Crippen LogP contribution is -2.49. The van der Waals surface area contributed by atoms with Gasteiger partial charge in [0.05, 0.1) is 4.90 Å². The molecule has 31 heavy (non-hydrogen) atoms. The van der Waals surface area contributed by atoms with Gasteiger partial charge in [-0.2, -0.15) is 4.31 Å². The molecule has 0 aliphatic rings. The number of sulfonamides is 1. The number of urea groups is 1. The van der Waals surface area contributed by atoms with Gasteiger partial charge in [0, 0.05) is 17.5 Å². The van der Waals surface area contributed by atoms with Crippen molar-refractivity contribution < 1.29 is 18.0 Å². The van der Waals surface area contributed by atoms with E-state index in [0.29, 0.717) is 22.2 Å². The Hall–Kier alpha value is -1.60. The van der Waals surface area contributed by atoms with Gasteiger partial charge in [-0.15, -0.1) is 0 Å². The first-order valence-electron chi connectivity index (χ1n) is 11.4. The summed E-state index contributed by atoms with van der Waals surface area (Å²) in [6.45, 7) is 6.01. The maximum Gasteiger partial charge on any atom is 0.338 e. The number of unbranched alkanes of at least 4 members (excludes halogenated alkanes) is 7. The Balaban J connectivity index is 2.80. The van der Waals surface area contributed by atoms with Gasteiger partial charge < -0.3 is 5.32 Å². The van der Waals surface area contributed by atoms with Crippen LogP contribution in [0.2, 0.25) is 5.02 Å². The van der Waals surface area contributed by atoms with Gasteiger partial charge in [-0.05, 0) is 37.1 Å². The second-order valence-corrected chi connectivity index (χ2v) is 10.2. The summed E-state index contributed by atoms with van der Waals surface area (Å²) in [6.07, 6.45) is 10.3. The minimum atomic E-state index is -4.33. The molecule has 1 unspecified atom stereocenters. The van der Waals surface area contributed by atoms with Crippen molar-refractivity contribution in [2.24, 2.45) is 5.92 Å². The summed E-state index contributed by atoms with van der Waals surface area (Å²) in [6, 6.07) is 4.53. The van der Waals surface area contributed by atoms with Crippen LogP contribution in [-0.2, 0) is 14.8 Å². The molecule has 0 bridgehead atoms. The molecular formula is C23H37ClN2O4S. The van der Waals surface area contributed by atoms with E-state index in [1.165, 1.54) is 56.4 Å². The normalized spacial score (nSPS) is 12.4. The Labute approximate surface area is 192 Å². The number of amides is 3. The van der Waals surface area contributed by atoms with Crippen molar-refractivity contribution in [1.82, 2.24) is 9.62 Å². The highest BCUT2D eigenvalue weighted by Crippen LogP contribution is 2.23. The van der Waals surface area contributed by atoms with Crippen molar-refractivity contribution in [2.45, 2.75) is 89.9 Å². The third-order valence-electron chi connectivity index (χ3n) is 5.17. The molecule has 1 rings (SSSR count). The smallest absolute Gasteiger partial charge is 0.337 e. The first-order valence-corrected chi connectivity index (χ1v) is 13.2. The van der Waals surface area contributed by atoms with Gasteiger partial charge in [-0.25, -0.2) is 13.2 Å². The van der Waals surface area contributed by atoms with Crippen molar-refractivity contribution >= 4 is 33.6 Å². The quantitative estimate of drug-likeness (QED) is 0.329. The van der Waals surface area contributed by atoms with Crippen LogP contribution < -0.4 is 5.32 Å². The van der Waals surface area contributed by atoms with Crippen LogP contribution in [0.5, 0.6) is 0 Å². The third kappa shape index (κ3) is 9.19. The number of imide groups is 1. The molecule has 176 valence electrons. The van der Waals surface area contributed by atoms with Gasteiger partial charge in [0.1, 0.15) is 0 Å². The average Bonchev–Trinajstić information content (AvgIpc) is 2.74. The van der Waals surface area contributed by atoms with Crippen molar-refractivity contribution in [2.75, 3.05) is 6.54 Å². The van der Waals surface area contributed by atoms with E-state index in [-0.39, 0.29) is 11.4 Å². The molecule has 3 amide bonds. The minimum absolute atomic E-state index is 0.142. The number of rotatable bonds is 14. The van der Waals surface area contributed by atoms with Gasteiger partial charge >= 0.3 is 6.03 Å². The van der Waals surface area contributed by atoms with Crippen molar-refractivity contribution in [3.63, 3.8) is 0 Å². The van der Waals surface area contributed by atoms with E-state index in [0.717, 1.165) is 19.3 Å². The van der Waals surface area contributed by atoms with Gasteiger partial charge in [-0.3, -0.25) is 4.79 Å². The largest absolute Gasteiger partial charge is 0.338 e. The summed E-state index contributed by atoms with van der Waals surface area (Å²) in [4.78, 5) is 25.5. The average molecular weight is 473 g/mol. The summed E-state index contributed by atoms with van der Waals surface area (Å²) < 4.78 is 26.6. The summed E-state index contributed by atoms with van der Waals surface area (Å²) in [5.74, 6) is -1.28.